The van der Waals surface area contributed by atoms with Gasteiger partial charge in [-0.05, 0) is 50.0 Å². The third-order valence-electron chi connectivity index (χ3n) is 4.94. The fourth-order valence-electron chi connectivity index (χ4n) is 3.44. The van der Waals surface area contributed by atoms with Crippen molar-refractivity contribution in [1.82, 2.24) is 9.80 Å². The average molecular weight is 338 g/mol. The molecule has 0 radical (unpaired) electrons. The van der Waals surface area contributed by atoms with Crippen LogP contribution in [-0.2, 0) is 16.1 Å². The smallest absolute Gasteiger partial charge is 0.223 e. The maximum atomic E-state index is 13.7. The number of carbonyl (C=O) groups is 1. The first-order valence-corrected chi connectivity index (χ1v) is 8.63. The van der Waals surface area contributed by atoms with Gasteiger partial charge < -0.3 is 9.64 Å². The molecule has 0 bridgehead atoms. The molecule has 4 nitrogen and oxygen atoms in total. The van der Waals surface area contributed by atoms with Crippen LogP contribution in [-0.4, -0.2) is 55.1 Å². The molecule has 2 fully saturated rings. The lowest BCUT2D eigenvalue weighted by Crippen LogP contribution is -2.42. The summed E-state index contributed by atoms with van der Waals surface area (Å²) >= 11 is 0. The van der Waals surface area contributed by atoms with Crippen LogP contribution in [0.25, 0.3) is 0 Å². The molecule has 0 atom stereocenters. The van der Waals surface area contributed by atoms with Crippen molar-refractivity contribution in [2.45, 2.75) is 25.8 Å². The van der Waals surface area contributed by atoms with Gasteiger partial charge in [0, 0.05) is 31.6 Å². The Kier molecular flexibility index (Phi) is 5.79. The first-order chi connectivity index (χ1) is 11.6. The maximum Gasteiger partial charge on any atom is 0.223 e. The lowest BCUT2D eigenvalue weighted by Gasteiger charge is -2.33. The fraction of sp³-hybridized carbons (Fsp3) is 0.611. The Bertz CT molecular complexity index is 568. The molecule has 0 aromatic heterocycles. The summed E-state index contributed by atoms with van der Waals surface area (Å²) in [5.74, 6) is -0.166. The number of morpholine rings is 1. The van der Waals surface area contributed by atoms with Crippen molar-refractivity contribution in [2.24, 2.45) is 5.92 Å². The van der Waals surface area contributed by atoms with Crippen molar-refractivity contribution in [3.63, 3.8) is 0 Å². The summed E-state index contributed by atoms with van der Waals surface area (Å²) in [5, 5.41) is 0. The van der Waals surface area contributed by atoms with Crippen molar-refractivity contribution < 1.29 is 18.3 Å². The van der Waals surface area contributed by atoms with Crippen LogP contribution in [0.3, 0.4) is 0 Å². The largest absolute Gasteiger partial charge is 0.378 e. The van der Waals surface area contributed by atoms with Crippen molar-refractivity contribution in [2.75, 3.05) is 39.4 Å². The van der Waals surface area contributed by atoms with Gasteiger partial charge in [-0.3, -0.25) is 9.69 Å². The molecule has 1 aromatic carbocycles. The van der Waals surface area contributed by atoms with E-state index < -0.39 is 5.82 Å². The van der Waals surface area contributed by atoms with E-state index in [1.165, 1.54) is 12.1 Å². The Labute approximate surface area is 141 Å². The Morgan fingerprint density at radius 3 is 2.54 bits per heavy atom. The second-order valence-electron chi connectivity index (χ2n) is 6.65. The molecule has 2 saturated heterocycles. The summed E-state index contributed by atoms with van der Waals surface area (Å²) in [7, 11) is 0. The summed E-state index contributed by atoms with van der Waals surface area (Å²) in [6.07, 6.45) is 2.43. The van der Waals surface area contributed by atoms with E-state index in [0.717, 1.165) is 32.0 Å². The summed E-state index contributed by atoms with van der Waals surface area (Å²) in [6.45, 7) is 4.70. The average Bonchev–Trinajstić information content (AvgIpc) is 2.60. The van der Waals surface area contributed by atoms with Gasteiger partial charge in [0.1, 0.15) is 11.6 Å². The van der Waals surface area contributed by atoms with Crippen LogP contribution < -0.4 is 0 Å². The maximum absolute atomic E-state index is 13.7. The Balaban J connectivity index is 1.45. The molecule has 0 unspecified atom stereocenters. The molecule has 1 aromatic rings. The Morgan fingerprint density at radius 1 is 1.12 bits per heavy atom. The highest BCUT2D eigenvalue weighted by Gasteiger charge is 2.25. The minimum Gasteiger partial charge on any atom is -0.378 e. The summed E-state index contributed by atoms with van der Waals surface area (Å²) in [5.41, 5.74) is 0.401. The van der Waals surface area contributed by atoms with Gasteiger partial charge >= 0.3 is 0 Å². The predicted molar refractivity (Wildman–Crippen MR) is 86.4 cm³/mol. The second kappa shape index (κ2) is 8.03. The van der Waals surface area contributed by atoms with Gasteiger partial charge in [0.15, 0.2) is 0 Å². The summed E-state index contributed by atoms with van der Waals surface area (Å²) < 4.78 is 32.2. The normalized spacial score (nSPS) is 20.3. The minimum atomic E-state index is -0.405. The van der Waals surface area contributed by atoms with E-state index >= 15 is 0 Å². The highest BCUT2D eigenvalue weighted by atomic mass is 19.1. The molecule has 0 aliphatic carbocycles. The van der Waals surface area contributed by atoms with Crippen LogP contribution in [0.4, 0.5) is 8.78 Å². The number of hydrogen-bond donors (Lipinski definition) is 0. The van der Waals surface area contributed by atoms with Gasteiger partial charge in [-0.1, -0.05) is 0 Å². The standard InChI is InChI=1S/C18H24F2N2O2/c19-16-1-2-17(20)15(12-16)13-21-5-3-14(4-6-21)11-18(23)22-7-9-24-10-8-22/h1-2,12,14H,3-11,13H2. The van der Waals surface area contributed by atoms with Crippen molar-refractivity contribution in [1.29, 1.82) is 0 Å². The Morgan fingerprint density at radius 2 is 1.83 bits per heavy atom. The predicted octanol–water partition coefficient (Wildman–Crippen LogP) is 2.43. The van der Waals surface area contributed by atoms with E-state index in [1.807, 2.05) is 4.90 Å². The van der Waals surface area contributed by atoms with Gasteiger partial charge in [0.2, 0.25) is 5.91 Å². The molecule has 6 heteroatoms. The van der Waals surface area contributed by atoms with Gasteiger partial charge in [-0.2, -0.15) is 0 Å². The van der Waals surface area contributed by atoms with Crippen LogP contribution in [0.1, 0.15) is 24.8 Å². The van der Waals surface area contributed by atoms with E-state index in [0.29, 0.717) is 50.8 Å². The summed E-state index contributed by atoms with van der Waals surface area (Å²) in [4.78, 5) is 16.3. The number of carbonyl (C=O) groups excluding carboxylic acids is 1. The van der Waals surface area contributed by atoms with Crippen molar-refractivity contribution in [3.8, 4) is 0 Å². The number of amides is 1. The molecule has 2 aliphatic heterocycles. The molecule has 132 valence electrons. The number of rotatable bonds is 4. The molecular formula is C18H24F2N2O2. The molecule has 3 rings (SSSR count). The first-order valence-electron chi connectivity index (χ1n) is 8.63. The molecule has 0 spiro atoms. The lowest BCUT2D eigenvalue weighted by molar-refractivity contribution is -0.136. The van der Waals surface area contributed by atoms with E-state index in [4.69, 9.17) is 4.74 Å². The minimum absolute atomic E-state index is 0.216. The number of likely N-dealkylation sites (tertiary alicyclic amines) is 1. The zero-order valence-corrected chi connectivity index (χ0v) is 13.8. The van der Waals surface area contributed by atoms with Crippen LogP contribution in [0.15, 0.2) is 18.2 Å². The molecular weight excluding hydrogens is 314 g/mol. The molecule has 0 saturated carbocycles. The number of nitrogens with zero attached hydrogens (tertiary/aromatic N) is 2. The topological polar surface area (TPSA) is 32.8 Å². The van der Waals surface area contributed by atoms with E-state index in [1.54, 1.807) is 0 Å². The molecule has 24 heavy (non-hydrogen) atoms. The number of benzene rings is 1. The summed E-state index contributed by atoms with van der Waals surface area (Å²) in [6, 6.07) is 3.59. The molecule has 2 aliphatic rings. The first kappa shape index (κ1) is 17.3. The zero-order chi connectivity index (χ0) is 16.9. The van der Waals surface area contributed by atoms with Crippen molar-refractivity contribution in [3.05, 3.63) is 35.4 Å². The molecule has 2 heterocycles. The molecule has 0 N–H and O–H groups in total. The molecule has 1 amide bonds. The van der Waals surface area contributed by atoms with Gasteiger partial charge in [0.05, 0.1) is 13.2 Å². The number of piperidine rings is 1. The van der Waals surface area contributed by atoms with Crippen molar-refractivity contribution >= 4 is 5.91 Å². The third-order valence-corrected chi connectivity index (χ3v) is 4.94. The Hall–Kier alpha value is -1.53. The van der Waals surface area contributed by atoms with Crippen LogP contribution in [0.5, 0.6) is 0 Å². The van der Waals surface area contributed by atoms with Gasteiger partial charge in [0.25, 0.3) is 0 Å². The third kappa shape index (κ3) is 4.51. The van der Waals surface area contributed by atoms with Crippen LogP contribution in [0.2, 0.25) is 0 Å². The lowest BCUT2D eigenvalue weighted by atomic mass is 9.92. The van der Waals surface area contributed by atoms with E-state index in [9.17, 15) is 13.6 Å². The fourth-order valence-corrected chi connectivity index (χ4v) is 3.44. The monoisotopic (exact) mass is 338 g/mol. The number of halogens is 2. The quantitative estimate of drug-likeness (QED) is 0.845. The van der Waals surface area contributed by atoms with Gasteiger partial charge in [-0.15, -0.1) is 0 Å². The SMILES string of the molecule is O=C(CC1CCN(Cc2cc(F)ccc2F)CC1)N1CCOCC1. The highest BCUT2D eigenvalue weighted by Crippen LogP contribution is 2.23. The second-order valence-corrected chi connectivity index (χ2v) is 6.65. The number of hydrogen-bond acceptors (Lipinski definition) is 3. The number of ether oxygens (including phenoxy) is 1. The highest BCUT2D eigenvalue weighted by molar-refractivity contribution is 5.76. The van der Waals surface area contributed by atoms with E-state index in [2.05, 4.69) is 4.90 Å². The van der Waals surface area contributed by atoms with Gasteiger partial charge in [-0.25, -0.2) is 8.78 Å². The van der Waals surface area contributed by atoms with Crippen LogP contribution in [0, 0.1) is 17.6 Å². The zero-order valence-electron chi connectivity index (χ0n) is 13.8. The van der Waals surface area contributed by atoms with Crippen LogP contribution >= 0.6 is 0 Å². The van der Waals surface area contributed by atoms with E-state index in [-0.39, 0.29) is 11.7 Å².